The average Bonchev–Trinajstić information content (AvgIpc) is 2.43. The molecule has 0 fully saturated rings. The molecule has 1 aliphatic rings. The second-order valence-electron chi connectivity index (χ2n) is 5.67. The minimum absolute atomic E-state index is 0.0846. The molecule has 2 aromatic rings. The second kappa shape index (κ2) is 5.19. The third kappa shape index (κ3) is 2.56. The van der Waals surface area contributed by atoms with Crippen molar-refractivity contribution in [2.45, 2.75) is 33.3 Å². The van der Waals surface area contributed by atoms with Gasteiger partial charge in [-0.2, -0.15) is 0 Å². The number of rotatable bonds is 1. The van der Waals surface area contributed by atoms with Crippen molar-refractivity contribution in [3.05, 3.63) is 63.2 Å². The third-order valence-electron chi connectivity index (χ3n) is 4.11. The molecule has 0 aromatic heterocycles. The van der Waals surface area contributed by atoms with Crippen molar-refractivity contribution in [3.8, 4) is 5.75 Å². The fourth-order valence-electron chi connectivity index (χ4n) is 2.80. The van der Waals surface area contributed by atoms with Gasteiger partial charge < -0.3 is 4.74 Å². The quantitative estimate of drug-likeness (QED) is 0.743. The summed E-state index contributed by atoms with van der Waals surface area (Å²) in [7, 11) is 0. The van der Waals surface area contributed by atoms with E-state index in [1.54, 1.807) is 18.2 Å². The van der Waals surface area contributed by atoms with Crippen LogP contribution >= 0.6 is 11.6 Å². The molecule has 1 heterocycles. The Morgan fingerprint density at radius 2 is 1.76 bits per heavy atom. The van der Waals surface area contributed by atoms with Crippen molar-refractivity contribution >= 4 is 17.4 Å². The van der Waals surface area contributed by atoms with Gasteiger partial charge in [0.25, 0.3) is 0 Å². The minimum atomic E-state index is -0.217. The Bertz CT molecular complexity index is 734. The highest BCUT2D eigenvalue weighted by molar-refractivity contribution is 6.31. The van der Waals surface area contributed by atoms with E-state index >= 15 is 0 Å². The standard InChI is InChI=1S/C18H17ClO2/c1-10-6-12(3)14(7-11(10)2)18-9-16(20)15-8-13(19)4-5-17(15)21-18/h4-8,18H,9H2,1-3H3. The van der Waals surface area contributed by atoms with Crippen LogP contribution in [0.25, 0.3) is 0 Å². The number of fused-ring (bicyclic) bond motifs is 1. The van der Waals surface area contributed by atoms with E-state index in [1.807, 2.05) is 0 Å². The van der Waals surface area contributed by atoms with Gasteiger partial charge in [0.05, 0.1) is 12.0 Å². The highest BCUT2D eigenvalue weighted by Crippen LogP contribution is 2.37. The first-order chi connectivity index (χ1) is 9.95. The molecule has 0 N–H and O–H groups in total. The van der Waals surface area contributed by atoms with E-state index in [0.29, 0.717) is 22.8 Å². The van der Waals surface area contributed by atoms with Crippen molar-refractivity contribution < 1.29 is 9.53 Å². The molecule has 1 unspecified atom stereocenters. The Labute approximate surface area is 129 Å². The first-order valence-corrected chi connectivity index (χ1v) is 7.40. The van der Waals surface area contributed by atoms with Gasteiger partial charge in [0.1, 0.15) is 11.9 Å². The number of benzene rings is 2. The number of carbonyl (C=O) groups excluding carboxylic acids is 1. The normalized spacial score (nSPS) is 17.3. The molecule has 1 aliphatic heterocycles. The summed E-state index contributed by atoms with van der Waals surface area (Å²) in [4.78, 5) is 12.3. The van der Waals surface area contributed by atoms with Crippen LogP contribution < -0.4 is 4.74 Å². The van der Waals surface area contributed by atoms with Crippen molar-refractivity contribution in [3.63, 3.8) is 0 Å². The van der Waals surface area contributed by atoms with E-state index in [-0.39, 0.29) is 11.9 Å². The van der Waals surface area contributed by atoms with Crippen LogP contribution in [-0.2, 0) is 0 Å². The van der Waals surface area contributed by atoms with Crippen LogP contribution in [0, 0.1) is 20.8 Å². The maximum atomic E-state index is 12.3. The lowest BCUT2D eigenvalue weighted by molar-refractivity contribution is 0.0849. The molecule has 3 heteroatoms. The van der Waals surface area contributed by atoms with Crippen LogP contribution in [0.15, 0.2) is 30.3 Å². The van der Waals surface area contributed by atoms with E-state index in [9.17, 15) is 4.79 Å². The number of ketones is 1. The summed E-state index contributed by atoms with van der Waals surface area (Å²) in [5.74, 6) is 0.708. The smallest absolute Gasteiger partial charge is 0.170 e. The van der Waals surface area contributed by atoms with E-state index in [2.05, 4.69) is 32.9 Å². The number of aryl methyl sites for hydroxylation is 3. The van der Waals surface area contributed by atoms with Crippen LogP contribution in [0.4, 0.5) is 0 Å². The highest BCUT2D eigenvalue weighted by atomic mass is 35.5. The molecule has 1 atom stereocenters. The van der Waals surface area contributed by atoms with Gasteiger partial charge in [0.15, 0.2) is 5.78 Å². The summed E-state index contributed by atoms with van der Waals surface area (Å²) in [6.45, 7) is 6.24. The maximum absolute atomic E-state index is 12.3. The summed E-state index contributed by atoms with van der Waals surface area (Å²) < 4.78 is 6.04. The Morgan fingerprint density at radius 1 is 1.05 bits per heavy atom. The van der Waals surface area contributed by atoms with Gasteiger partial charge in [-0.25, -0.2) is 0 Å². The molecule has 0 saturated carbocycles. The number of hydrogen-bond donors (Lipinski definition) is 0. The van der Waals surface area contributed by atoms with Crippen LogP contribution in [0.5, 0.6) is 5.75 Å². The lowest BCUT2D eigenvalue weighted by atomic mass is 9.91. The maximum Gasteiger partial charge on any atom is 0.170 e. The Hall–Kier alpha value is -1.80. The zero-order valence-corrected chi connectivity index (χ0v) is 13.1. The van der Waals surface area contributed by atoms with Crippen molar-refractivity contribution in [1.29, 1.82) is 0 Å². The second-order valence-corrected chi connectivity index (χ2v) is 6.10. The monoisotopic (exact) mass is 300 g/mol. The molecule has 2 nitrogen and oxygen atoms in total. The largest absolute Gasteiger partial charge is 0.484 e. The van der Waals surface area contributed by atoms with Crippen LogP contribution in [-0.4, -0.2) is 5.78 Å². The van der Waals surface area contributed by atoms with E-state index < -0.39 is 0 Å². The molecule has 0 bridgehead atoms. The van der Waals surface area contributed by atoms with Crippen molar-refractivity contribution in [2.24, 2.45) is 0 Å². The Morgan fingerprint density at radius 3 is 2.52 bits per heavy atom. The molecule has 0 amide bonds. The van der Waals surface area contributed by atoms with Crippen LogP contribution in [0.2, 0.25) is 5.02 Å². The van der Waals surface area contributed by atoms with Gasteiger partial charge in [-0.05, 0) is 61.2 Å². The van der Waals surface area contributed by atoms with Gasteiger partial charge >= 0.3 is 0 Å². The number of halogens is 1. The lowest BCUT2D eigenvalue weighted by Crippen LogP contribution is -2.21. The molecule has 0 aliphatic carbocycles. The van der Waals surface area contributed by atoms with E-state index in [4.69, 9.17) is 16.3 Å². The minimum Gasteiger partial charge on any atom is -0.484 e. The molecule has 108 valence electrons. The molecule has 0 radical (unpaired) electrons. The van der Waals surface area contributed by atoms with Crippen LogP contribution in [0.1, 0.15) is 45.1 Å². The zero-order chi connectivity index (χ0) is 15.1. The molecule has 3 rings (SSSR count). The molecule has 0 saturated heterocycles. The fraction of sp³-hybridized carbons (Fsp3) is 0.278. The number of carbonyl (C=O) groups is 1. The average molecular weight is 301 g/mol. The molecule has 2 aromatic carbocycles. The van der Waals surface area contributed by atoms with Gasteiger partial charge in [-0.15, -0.1) is 0 Å². The predicted octanol–water partition coefficient (Wildman–Crippen LogP) is 4.97. The van der Waals surface area contributed by atoms with Gasteiger partial charge in [-0.3, -0.25) is 4.79 Å². The summed E-state index contributed by atoms with van der Waals surface area (Å²) in [6, 6.07) is 9.49. The molecular weight excluding hydrogens is 284 g/mol. The molecule has 0 spiro atoms. The Kier molecular flexibility index (Phi) is 3.50. The third-order valence-corrected chi connectivity index (χ3v) is 4.35. The van der Waals surface area contributed by atoms with Gasteiger partial charge in [0, 0.05) is 5.02 Å². The number of ether oxygens (including phenoxy) is 1. The van der Waals surface area contributed by atoms with Crippen molar-refractivity contribution in [1.82, 2.24) is 0 Å². The topological polar surface area (TPSA) is 26.3 Å². The van der Waals surface area contributed by atoms with Crippen LogP contribution in [0.3, 0.4) is 0 Å². The molecular formula is C18H17ClO2. The van der Waals surface area contributed by atoms with Gasteiger partial charge in [-0.1, -0.05) is 23.7 Å². The van der Waals surface area contributed by atoms with E-state index in [0.717, 1.165) is 11.1 Å². The summed E-state index contributed by atoms with van der Waals surface area (Å²) >= 11 is 5.95. The fourth-order valence-corrected chi connectivity index (χ4v) is 2.97. The molecule has 21 heavy (non-hydrogen) atoms. The number of Topliss-reactive ketones (excluding diaryl/α,β-unsaturated/α-hetero) is 1. The van der Waals surface area contributed by atoms with Gasteiger partial charge in [0.2, 0.25) is 0 Å². The van der Waals surface area contributed by atoms with E-state index in [1.165, 1.54) is 11.1 Å². The first kappa shape index (κ1) is 14.2. The highest BCUT2D eigenvalue weighted by Gasteiger charge is 2.28. The zero-order valence-electron chi connectivity index (χ0n) is 12.4. The Balaban J connectivity index is 2.02. The summed E-state index contributed by atoms with van der Waals surface area (Å²) in [5.41, 5.74) is 5.31. The predicted molar refractivity (Wildman–Crippen MR) is 84.4 cm³/mol. The lowest BCUT2D eigenvalue weighted by Gasteiger charge is -2.27. The summed E-state index contributed by atoms with van der Waals surface area (Å²) in [5, 5.41) is 0.562. The van der Waals surface area contributed by atoms with Crippen molar-refractivity contribution in [2.75, 3.05) is 0 Å². The SMILES string of the molecule is Cc1cc(C)c(C2CC(=O)c3cc(Cl)ccc3O2)cc1C. The summed E-state index contributed by atoms with van der Waals surface area (Å²) in [6.07, 6.45) is 0.141. The number of hydrogen-bond acceptors (Lipinski definition) is 2. The first-order valence-electron chi connectivity index (χ1n) is 7.03.